The first-order valence-electron chi connectivity index (χ1n) is 10.1. The number of H-pyrrole nitrogens is 1. The Morgan fingerprint density at radius 1 is 1.00 bits per heavy atom. The minimum Gasteiger partial charge on any atom is -0.395 e. The van der Waals surface area contributed by atoms with E-state index < -0.39 is 0 Å². The molecule has 0 saturated heterocycles. The smallest absolute Gasteiger partial charge is 0.155 e. The third-order valence-corrected chi connectivity index (χ3v) is 5.26. The van der Waals surface area contributed by atoms with Crippen molar-refractivity contribution < 1.29 is 9.50 Å². The SMILES string of the molecule is CC(C)(CNc1ccc(-c2ccc3[nH]nc(NCCO)c3c2)nn1)c1ccc(F)cc1. The van der Waals surface area contributed by atoms with Crippen molar-refractivity contribution in [2.45, 2.75) is 19.3 Å². The fourth-order valence-electron chi connectivity index (χ4n) is 3.38. The number of rotatable bonds is 8. The van der Waals surface area contributed by atoms with Crippen LogP contribution < -0.4 is 10.6 Å². The van der Waals surface area contributed by atoms with Crippen molar-refractivity contribution in [2.75, 3.05) is 30.3 Å². The van der Waals surface area contributed by atoms with E-state index in [1.54, 1.807) is 0 Å². The van der Waals surface area contributed by atoms with Crippen molar-refractivity contribution in [1.29, 1.82) is 0 Å². The van der Waals surface area contributed by atoms with Gasteiger partial charge >= 0.3 is 0 Å². The van der Waals surface area contributed by atoms with Crippen LogP contribution in [0.5, 0.6) is 0 Å². The first-order chi connectivity index (χ1) is 15.0. The van der Waals surface area contributed by atoms with Gasteiger partial charge in [0.15, 0.2) is 5.82 Å². The lowest BCUT2D eigenvalue weighted by Gasteiger charge is -2.25. The van der Waals surface area contributed by atoms with E-state index in [1.807, 2.05) is 42.5 Å². The molecule has 0 atom stereocenters. The number of aliphatic hydroxyl groups excluding tert-OH is 1. The fourth-order valence-corrected chi connectivity index (χ4v) is 3.38. The number of hydrogen-bond acceptors (Lipinski definition) is 6. The summed E-state index contributed by atoms with van der Waals surface area (Å²) >= 11 is 0. The van der Waals surface area contributed by atoms with Crippen molar-refractivity contribution in [3.63, 3.8) is 0 Å². The number of aromatic amines is 1. The summed E-state index contributed by atoms with van der Waals surface area (Å²) in [6.45, 7) is 5.28. The van der Waals surface area contributed by atoms with Crippen LogP contribution in [0.15, 0.2) is 54.6 Å². The molecule has 0 radical (unpaired) electrons. The lowest BCUT2D eigenvalue weighted by atomic mass is 9.84. The molecule has 2 aromatic carbocycles. The molecule has 4 N–H and O–H groups in total. The summed E-state index contributed by atoms with van der Waals surface area (Å²) in [4.78, 5) is 0. The second-order valence-corrected chi connectivity index (χ2v) is 8.03. The summed E-state index contributed by atoms with van der Waals surface area (Å²) in [5, 5.41) is 32.3. The topological polar surface area (TPSA) is 98.8 Å². The Kier molecular flexibility index (Phi) is 5.81. The maximum atomic E-state index is 13.2. The summed E-state index contributed by atoms with van der Waals surface area (Å²) in [5.41, 5.74) is 3.42. The Balaban J connectivity index is 1.47. The number of hydrogen-bond donors (Lipinski definition) is 4. The summed E-state index contributed by atoms with van der Waals surface area (Å²) < 4.78 is 13.2. The van der Waals surface area contributed by atoms with Crippen molar-refractivity contribution in [3.8, 4) is 11.3 Å². The summed E-state index contributed by atoms with van der Waals surface area (Å²) in [6, 6.07) is 16.3. The van der Waals surface area contributed by atoms with Gasteiger partial charge in [0, 0.05) is 29.5 Å². The van der Waals surface area contributed by atoms with Gasteiger partial charge in [-0.2, -0.15) is 5.10 Å². The number of benzene rings is 2. The third-order valence-electron chi connectivity index (χ3n) is 5.26. The lowest BCUT2D eigenvalue weighted by Crippen LogP contribution is -2.28. The van der Waals surface area contributed by atoms with Crippen LogP contribution in [0.2, 0.25) is 0 Å². The molecule has 0 spiro atoms. The van der Waals surface area contributed by atoms with E-state index in [9.17, 15) is 4.39 Å². The highest BCUT2D eigenvalue weighted by atomic mass is 19.1. The maximum Gasteiger partial charge on any atom is 0.155 e. The van der Waals surface area contributed by atoms with Crippen molar-refractivity contribution in [1.82, 2.24) is 20.4 Å². The first kappa shape index (κ1) is 20.7. The Morgan fingerprint density at radius 3 is 2.52 bits per heavy atom. The summed E-state index contributed by atoms with van der Waals surface area (Å²) in [7, 11) is 0. The van der Waals surface area contributed by atoms with Crippen LogP contribution in [0.4, 0.5) is 16.0 Å². The number of fused-ring (bicyclic) bond motifs is 1. The zero-order valence-corrected chi connectivity index (χ0v) is 17.5. The number of halogens is 1. The fraction of sp³-hybridized carbons (Fsp3) is 0.261. The zero-order valence-electron chi connectivity index (χ0n) is 17.5. The van der Waals surface area contributed by atoms with Gasteiger partial charge < -0.3 is 15.7 Å². The predicted octanol–water partition coefficient (Wildman–Crippen LogP) is 3.95. The number of aromatic nitrogens is 4. The largest absolute Gasteiger partial charge is 0.395 e. The highest BCUT2D eigenvalue weighted by Crippen LogP contribution is 2.27. The molecule has 0 amide bonds. The molecule has 0 aliphatic heterocycles. The number of aliphatic hydroxyl groups is 1. The summed E-state index contributed by atoms with van der Waals surface area (Å²) in [6.07, 6.45) is 0. The second kappa shape index (κ2) is 8.69. The second-order valence-electron chi connectivity index (χ2n) is 8.03. The monoisotopic (exact) mass is 420 g/mol. The molecule has 0 saturated carbocycles. The highest BCUT2D eigenvalue weighted by molar-refractivity contribution is 5.92. The Bertz CT molecular complexity index is 1160. The minimum atomic E-state index is -0.237. The molecule has 0 aliphatic rings. The van der Waals surface area contributed by atoms with Crippen molar-refractivity contribution in [2.24, 2.45) is 0 Å². The Hall–Kier alpha value is -3.52. The van der Waals surface area contributed by atoms with Gasteiger partial charge in [0.1, 0.15) is 11.6 Å². The minimum absolute atomic E-state index is 0.0337. The van der Waals surface area contributed by atoms with E-state index in [2.05, 4.69) is 44.9 Å². The van der Waals surface area contributed by atoms with Gasteiger partial charge in [-0.25, -0.2) is 4.39 Å². The molecule has 7 nitrogen and oxygen atoms in total. The molecule has 4 rings (SSSR count). The molecule has 0 unspecified atom stereocenters. The number of anilines is 2. The Labute approximate surface area is 179 Å². The molecule has 8 heteroatoms. The number of nitrogens with one attached hydrogen (secondary N) is 3. The van der Waals surface area contributed by atoms with E-state index in [-0.39, 0.29) is 17.8 Å². The van der Waals surface area contributed by atoms with Gasteiger partial charge in [-0.3, -0.25) is 5.10 Å². The molecule has 0 fully saturated rings. The van der Waals surface area contributed by atoms with Gasteiger partial charge in [0.25, 0.3) is 0 Å². The van der Waals surface area contributed by atoms with Gasteiger partial charge in [-0.05, 0) is 42.0 Å². The standard InChI is InChI=1S/C23H25FN6O/c1-23(2,16-4-6-17(24)7-5-16)14-26-21-10-9-19(27-29-21)15-3-8-20-18(13-15)22(30-28-20)25-11-12-31/h3-10,13,31H,11-12,14H2,1-2H3,(H,26,29)(H2,25,28,30). The van der Waals surface area contributed by atoms with Gasteiger partial charge in [-0.1, -0.05) is 32.0 Å². The van der Waals surface area contributed by atoms with E-state index in [0.29, 0.717) is 24.7 Å². The molecule has 2 heterocycles. The average Bonchev–Trinajstić information content (AvgIpc) is 3.19. The van der Waals surface area contributed by atoms with Crippen molar-refractivity contribution >= 4 is 22.5 Å². The first-order valence-corrected chi connectivity index (χ1v) is 10.1. The van der Waals surface area contributed by atoms with Crippen molar-refractivity contribution in [3.05, 3.63) is 66.0 Å². The van der Waals surface area contributed by atoms with E-state index in [1.165, 1.54) is 12.1 Å². The molecule has 0 bridgehead atoms. The van der Waals surface area contributed by atoms with Crippen LogP contribution >= 0.6 is 0 Å². The van der Waals surface area contributed by atoms with Gasteiger partial charge in [0.2, 0.25) is 0 Å². The van der Waals surface area contributed by atoms with Crippen LogP contribution in [0, 0.1) is 5.82 Å². The van der Waals surface area contributed by atoms with Crippen LogP contribution in [0.3, 0.4) is 0 Å². The van der Waals surface area contributed by atoms with E-state index in [4.69, 9.17) is 5.11 Å². The van der Waals surface area contributed by atoms with E-state index in [0.717, 1.165) is 27.7 Å². The predicted molar refractivity (Wildman–Crippen MR) is 121 cm³/mol. The third kappa shape index (κ3) is 4.64. The maximum absolute atomic E-state index is 13.2. The van der Waals surface area contributed by atoms with Crippen LogP contribution in [0.25, 0.3) is 22.2 Å². The molecule has 2 aromatic heterocycles. The quantitative estimate of drug-likeness (QED) is 0.345. The molecule has 160 valence electrons. The normalized spacial score (nSPS) is 11.6. The average molecular weight is 420 g/mol. The van der Waals surface area contributed by atoms with E-state index >= 15 is 0 Å². The lowest BCUT2D eigenvalue weighted by molar-refractivity contribution is 0.311. The Morgan fingerprint density at radius 2 is 1.81 bits per heavy atom. The van der Waals surface area contributed by atoms with Gasteiger partial charge in [-0.15, -0.1) is 10.2 Å². The van der Waals surface area contributed by atoms with Gasteiger partial charge in [0.05, 0.1) is 17.8 Å². The highest BCUT2D eigenvalue weighted by Gasteiger charge is 2.20. The van der Waals surface area contributed by atoms with Crippen LogP contribution in [0.1, 0.15) is 19.4 Å². The molecular formula is C23H25FN6O. The summed E-state index contributed by atoms with van der Waals surface area (Å²) in [5.74, 6) is 1.13. The van der Waals surface area contributed by atoms with Crippen LogP contribution in [-0.2, 0) is 5.41 Å². The van der Waals surface area contributed by atoms with Crippen LogP contribution in [-0.4, -0.2) is 45.2 Å². The zero-order chi connectivity index (χ0) is 21.8. The molecule has 0 aliphatic carbocycles. The molecular weight excluding hydrogens is 395 g/mol. The molecule has 31 heavy (non-hydrogen) atoms. The number of nitrogens with zero attached hydrogens (tertiary/aromatic N) is 3. The molecule has 4 aromatic rings.